The summed E-state index contributed by atoms with van der Waals surface area (Å²) >= 11 is 0. The molecule has 0 heterocycles. The van der Waals surface area contributed by atoms with Crippen molar-refractivity contribution in [1.82, 2.24) is 0 Å². The maximum atomic E-state index is 12.6. The molecule has 0 aliphatic carbocycles. The third-order valence-electron chi connectivity index (χ3n) is 2.05. The molecule has 0 fully saturated rings. The largest absolute Gasteiger partial charge is 0.423 e. The summed E-state index contributed by atoms with van der Waals surface area (Å²) in [5.41, 5.74) is -4.62. The number of hydrogen-bond acceptors (Lipinski definition) is 5. The Balaban J connectivity index is 3.88. The maximum Gasteiger partial charge on any atom is 0.423 e. The Labute approximate surface area is 108 Å². The molecule has 0 aliphatic rings. The summed E-state index contributed by atoms with van der Waals surface area (Å²) in [6.45, 7) is 0. The first-order valence-electron chi connectivity index (χ1n) is 4.28. The van der Waals surface area contributed by atoms with Gasteiger partial charge in [0, 0.05) is 10.7 Å². The minimum atomic E-state index is -5.12. The van der Waals surface area contributed by atoms with Gasteiger partial charge in [0.15, 0.2) is 6.29 Å². The van der Waals surface area contributed by atoms with Crippen LogP contribution in [0.1, 0.15) is 15.9 Å². The van der Waals surface area contributed by atoms with Crippen LogP contribution in [0.2, 0.25) is 0 Å². The molecule has 1 aromatic carbocycles. The molecule has 0 saturated heterocycles. The molecule has 0 atom stereocenters. The minimum absolute atomic E-state index is 0.181. The van der Waals surface area contributed by atoms with E-state index in [4.69, 9.17) is 10.7 Å². The van der Waals surface area contributed by atoms with Crippen molar-refractivity contribution in [2.24, 2.45) is 0 Å². The summed E-state index contributed by atoms with van der Waals surface area (Å²) in [6.07, 6.45) is -5.47. The van der Waals surface area contributed by atoms with E-state index in [-0.39, 0.29) is 12.4 Å². The molecule has 0 N–H and O–H groups in total. The molecule has 0 spiro atoms. The van der Waals surface area contributed by atoms with Crippen molar-refractivity contribution in [1.29, 1.82) is 0 Å². The lowest BCUT2D eigenvalue weighted by Gasteiger charge is -2.10. The van der Waals surface area contributed by atoms with Crippen molar-refractivity contribution in [3.05, 3.63) is 33.4 Å². The SMILES string of the molecule is O=Cc1c(S(=O)(=O)Cl)ccc(C(F)(F)F)c1[N+](=O)[O-]. The van der Waals surface area contributed by atoms with Crippen molar-refractivity contribution in [3.63, 3.8) is 0 Å². The molecule has 0 saturated carbocycles. The van der Waals surface area contributed by atoms with Gasteiger partial charge in [0.2, 0.25) is 0 Å². The Morgan fingerprint density at radius 3 is 2.16 bits per heavy atom. The number of hydrogen-bond donors (Lipinski definition) is 0. The van der Waals surface area contributed by atoms with Crippen molar-refractivity contribution >= 4 is 31.7 Å². The van der Waals surface area contributed by atoms with E-state index in [1.165, 1.54) is 0 Å². The van der Waals surface area contributed by atoms with E-state index in [1.807, 2.05) is 0 Å². The Bertz CT molecular complexity index is 655. The van der Waals surface area contributed by atoms with Gasteiger partial charge < -0.3 is 0 Å². The lowest BCUT2D eigenvalue weighted by atomic mass is 10.1. The Morgan fingerprint density at radius 1 is 1.32 bits per heavy atom. The molecular weight excluding hydrogens is 315 g/mol. The molecule has 0 radical (unpaired) electrons. The first-order valence-corrected chi connectivity index (χ1v) is 6.59. The molecule has 104 valence electrons. The third kappa shape index (κ3) is 3.01. The Morgan fingerprint density at radius 2 is 1.84 bits per heavy atom. The van der Waals surface area contributed by atoms with Gasteiger partial charge in [-0.25, -0.2) is 8.42 Å². The van der Waals surface area contributed by atoms with Crippen molar-refractivity contribution < 1.29 is 31.3 Å². The van der Waals surface area contributed by atoms with Crippen molar-refractivity contribution in [3.8, 4) is 0 Å². The molecule has 6 nitrogen and oxygen atoms in total. The van der Waals surface area contributed by atoms with Crippen LogP contribution >= 0.6 is 10.7 Å². The van der Waals surface area contributed by atoms with Gasteiger partial charge in [-0.15, -0.1) is 0 Å². The van der Waals surface area contributed by atoms with E-state index in [1.54, 1.807) is 0 Å². The monoisotopic (exact) mass is 317 g/mol. The summed E-state index contributed by atoms with van der Waals surface area (Å²) in [6, 6.07) is 0.572. The summed E-state index contributed by atoms with van der Waals surface area (Å²) in [5, 5.41) is 10.6. The lowest BCUT2D eigenvalue weighted by molar-refractivity contribution is -0.388. The predicted octanol–water partition coefficient (Wildman–Crippen LogP) is 2.35. The lowest BCUT2D eigenvalue weighted by Crippen LogP contribution is -2.13. The number of nitrogens with zero attached hydrogens (tertiary/aromatic N) is 1. The van der Waals surface area contributed by atoms with Gasteiger partial charge in [0.1, 0.15) is 11.1 Å². The first-order chi connectivity index (χ1) is 8.50. The molecule has 11 heteroatoms. The average Bonchev–Trinajstić information content (AvgIpc) is 2.24. The quantitative estimate of drug-likeness (QED) is 0.369. The molecule has 1 aromatic rings. The van der Waals surface area contributed by atoms with Gasteiger partial charge in [-0.3, -0.25) is 14.9 Å². The molecule has 0 bridgehead atoms. The molecule has 0 aromatic heterocycles. The van der Waals surface area contributed by atoms with Crippen LogP contribution in [0, 0.1) is 10.1 Å². The molecule has 0 unspecified atom stereocenters. The Hall–Kier alpha value is -1.68. The summed E-state index contributed by atoms with van der Waals surface area (Å²) in [4.78, 5) is 18.8. The molecular formula is C8H3ClF3NO5S. The van der Waals surface area contributed by atoms with Gasteiger partial charge in [0.05, 0.1) is 9.82 Å². The second kappa shape index (κ2) is 4.78. The number of nitro groups is 1. The number of carbonyl (C=O) groups is 1. The second-order valence-electron chi connectivity index (χ2n) is 3.18. The predicted molar refractivity (Wildman–Crippen MR) is 56.5 cm³/mol. The maximum absolute atomic E-state index is 12.6. The molecule has 19 heavy (non-hydrogen) atoms. The number of carbonyl (C=O) groups excluding carboxylic acids is 1. The standard InChI is InChI=1S/C8H3ClF3NO5S/c9-19(17,18)6-2-1-5(8(10,11)12)7(13(15)16)4(6)3-14/h1-3H. The molecule has 0 aliphatic heterocycles. The summed E-state index contributed by atoms with van der Waals surface area (Å²) < 4.78 is 59.8. The van der Waals surface area contributed by atoms with Gasteiger partial charge in [-0.05, 0) is 12.1 Å². The van der Waals surface area contributed by atoms with Crippen LogP contribution in [0.3, 0.4) is 0 Å². The first kappa shape index (κ1) is 15.4. The topological polar surface area (TPSA) is 94.3 Å². The number of alkyl halides is 3. The van der Waals surface area contributed by atoms with Crippen LogP contribution in [-0.4, -0.2) is 19.6 Å². The molecule has 1 rings (SSSR count). The highest BCUT2D eigenvalue weighted by Gasteiger charge is 2.41. The number of benzene rings is 1. The number of nitro benzene ring substituents is 1. The zero-order valence-corrected chi connectivity index (χ0v) is 10.2. The minimum Gasteiger partial charge on any atom is -0.298 e. The fourth-order valence-electron chi connectivity index (χ4n) is 1.34. The van der Waals surface area contributed by atoms with E-state index in [2.05, 4.69) is 0 Å². The van der Waals surface area contributed by atoms with Crippen LogP contribution in [0.5, 0.6) is 0 Å². The van der Waals surface area contributed by atoms with Crippen LogP contribution in [-0.2, 0) is 15.2 Å². The zero-order valence-electron chi connectivity index (χ0n) is 8.64. The van der Waals surface area contributed by atoms with Crippen molar-refractivity contribution in [2.75, 3.05) is 0 Å². The number of aldehydes is 1. The van der Waals surface area contributed by atoms with E-state index < -0.39 is 41.9 Å². The van der Waals surface area contributed by atoms with Crippen LogP contribution in [0.25, 0.3) is 0 Å². The third-order valence-corrected chi connectivity index (χ3v) is 3.43. The highest BCUT2D eigenvalue weighted by Crippen LogP contribution is 2.40. The fourth-order valence-corrected chi connectivity index (χ4v) is 2.38. The van der Waals surface area contributed by atoms with Crippen molar-refractivity contribution in [2.45, 2.75) is 11.1 Å². The number of rotatable bonds is 3. The summed E-state index contributed by atoms with van der Waals surface area (Å²) in [7, 11) is 0.301. The number of halogens is 4. The van der Waals surface area contributed by atoms with E-state index >= 15 is 0 Å². The highest BCUT2D eigenvalue weighted by atomic mass is 35.7. The fraction of sp³-hybridized carbons (Fsp3) is 0.125. The average molecular weight is 318 g/mol. The van der Waals surface area contributed by atoms with Crippen LogP contribution < -0.4 is 0 Å². The summed E-state index contributed by atoms with van der Waals surface area (Å²) in [5.74, 6) is 0. The van der Waals surface area contributed by atoms with E-state index in [9.17, 15) is 36.5 Å². The van der Waals surface area contributed by atoms with Crippen LogP contribution in [0.4, 0.5) is 18.9 Å². The smallest absolute Gasteiger partial charge is 0.298 e. The highest BCUT2D eigenvalue weighted by molar-refractivity contribution is 8.13. The zero-order chi connectivity index (χ0) is 15.0. The normalized spacial score (nSPS) is 12.2. The Kier molecular flexibility index (Phi) is 3.87. The second-order valence-corrected chi connectivity index (χ2v) is 5.72. The van der Waals surface area contributed by atoms with Gasteiger partial charge in [-0.2, -0.15) is 13.2 Å². The van der Waals surface area contributed by atoms with Gasteiger partial charge in [-0.1, -0.05) is 0 Å². The van der Waals surface area contributed by atoms with Gasteiger partial charge in [0.25, 0.3) is 14.7 Å². The van der Waals surface area contributed by atoms with Gasteiger partial charge >= 0.3 is 6.18 Å². The van der Waals surface area contributed by atoms with E-state index in [0.717, 1.165) is 0 Å². The molecule has 0 amide bonds. The van der Waals surface area contributed by atoms with Crippen LogP contribution in [0.15, 0.2) is 17.0 Å². The van der Waals surface area contributed by atoms with E-state index in [0.29, 0.717) is 6.07 Å².